The van der Waals surface area contributed by atoms with Crippen molar-refractivity contribution in [2.24, 2.45) is 7.05 Å². The SMILES string of the molecule is Cn1cnnc1Sc1ccc(-c2cc(C3CC3)c3[nH]c(=O)[nH]c(=O)c3n2)o1. The van der Waals surface area contributed by atoms with Crippen molar-refractivity contribution < 1.29 is 4.42 Å². The zero-order valence-corrected chi connectivity index (χ0v) is 15.0. The number of furan rings is 1. The van der Waals surface area contributed by atoms with E-state index >= 15 is 0 Å². The Morgan fingerprint density at radius 1 is 1.26 bits per heavy atom. The van der Waals surface area contributed by atoms with Crippen molar-refractivity contribution in [1.29, 1.82) is 0 Å². The Hall–Kier alpha value is -3.14. The summed E-state index contributed by atoms with van der Waals surface area (Å²) in [5.74, 6) is 0.878. The van der Waals surface area contributed by atoms with Gasteiger partial charge in [0.15, 0.2) is 21.5 Å². The highest BCUT2D eigenvalue weighted by Gasteiger charge is 2.28. The smallest absolute Gasteiger partial charge is 0.326 e. The lowest BCUT2D eigenvalue weighted by Gasteiger charge is -2.06. The number of aromatic nitrogens is 6. The number of aromatic amines is 2. The largest absolute Gasteiger partial charge is 0.448 e. The zero-order chi connectivity index (χ0) is 18.5. The number of hydrogen-bond acceptors (Lipinski definition) is 7. The molecule has 1 fully saturated rings. The van der Waals surface area contributed by atoms with Gasteiger partial charge in [-0.15, -0.1) is 10.2 Å². The molecule has 1 aliphatic rings. The second-order valence-electron chi connectivity index (χ2n) is 6.45. The number of fused-ring (bicyclic) bond motifs is 1. The van der Waals surface area contributed by atoms with Crippen LogP contribution in [0.15, 0.2) is 48.8 Å². The number of pyridine rings is 1. The lowest BCUT2D eigenvalue weighted by atomic mass is 10.1. The number of aryl methyl sites for hydroxylation is 1. The van der Waals surface area contributed by atoms with Crippen molar-refractivity contribution in [3.63, 3.8) is 0 Å². The average molecular weight is 382 g/mol. The van der Waals surface area contributed by atoms with Gasteiger partial charge in [-0.1, -0.05) is 0 Å². The number of nitrogens with one attached hydrogen (secondary N) is 2. The van der Waals surface area contributed by atoms with E-state index in [2.05, 4.69) is 25.1 Å². The van der Waals surface area contributed by atoms with E-state index < -0.39 is 11.2 Å². The van der Waals surface area contributed by atoms with Gasteiger partial charge in [-0.2, -0.15) is 0 Å². The molecule has 0 atom stereocenters. The molecule has 0 aromatic carbocycles. The average Bonchev–Trinajstić information content (AvgIpc) is 3.25. The third kappa shape index (κ3) is 2.87. The Morgan fingerprint density at radius 2 is 2.11 bits per heavy atom. The van der Waals surface area contributed by atoms with Crippen LogP contribution in [0.2, 0.25) is 0 Å². The predicted octanol–water partition coefficient (Wildman–Crippen LogP) is 2.03. The molecule has 136 valence electrons. The van der Waals surface area contributed by atoms with Crippen LogP contribution in [-0.4, -0.2) is 29.7 Å². The van der Waals surface area contributed by atoms with Crippen LogP contribution in [0.25, 0.3) is 22.5 Å². The van der Waals surface area contributed by atoms with Crippen LogP contribution < -0.4 is 11.2 Å². The van der Waals surface area contributed by atoms with Crippen molar-refractivity contribution in [1.82, 2.24) is 29.7 Å². The van der Waals surface area contributed by atoms with Crippen LogP contribution in [0.4, 0.5) is 0 Å². The maximum Gasteiger partial charge on any atom is 0.326 e. The summed E-state index contributed by atoms with van der Waals surface area (Å²) in [4.78, 5) is 33.3. The number of rotatable bonds is 4. The molecular formula is C17H14N6O3S. The van der Waals surface area contributed by atoms with Crippen LogP contribution in [0.1, 0.15) is 24.3 Å². The molecule has 4 heterocycles. The summed E-state index contributed by atoms with van der Waals surface area (Å²) in [6, 6.07) is 5.53. The molecular weight excluding hydrogens is 368 g/mol. The molecule has 0 saturated heterocycles. The fraction of sp³-hybridized carbons (Fsp3) is 0.235. The Labute approximate surface area is 155 Å². The molecule has 4 aromatic rings. The van der Waals surface area contributed by atoms with Gasteiger partial charge in [0.2, 0.25) is 0 Å². The molecule has 1 saturated carbocycles. The topological polar surface area (TPSA) is 122 Å². The van der Waals surface area contributed by atoms with E-state index in [0.717, 1.165) is 18.4 Å². The second-order valence-corrected chi connectivity index (χ2v) is 7.42. The van der Waals surface area contributed by atoms with E-state index in [1.807, 2.05) is 25.2 Å². The number of hydrogen-bond donors (Lipinski definition) is 2. The summed E-state index contributed by atoms with van der Waals surface area (Å²) < 4.78 is 7.69. The summed E-state index contributed by atoms with van der Waals surface area (Å²) in [6.45, 7) is 0. The van der Waals surface area contributed by atoms with E-state index in [1.54, 1.807) is 10.9 Å². The minimum absolute atomic E-state index is 0.216. The normalized spacial score (nSPS) is 14.1. The predicted molar refractivity (Wildman–Crippen MR) is 97.8 cm³/mol. The molecule has 0 unspecified atom stereocenters. The van der Waals surface area contributed by atoms with Crippen molar-refractivity contribution in [2.45, 2.75) is 29.0 Å². The van der Waals surface area contributed by atoms with Crippen molar-refractivity contribution >= 4 is 22.8 Å². The fourth-order valence-corrected chi connectivity index (χ4v) is 3.70. The maximum absolute atomic E-state index is 12.2. The molecule has 5 rings (SSSR count). The minimum atomic E-state index is -0.524. The quantitative estimate of drug-likeness (QED) is 0.553. The first-order valence-corrected chi connectivity index (χ1v) is 9.19. The Bertz CT molecular complexity index is 1280. The first kappa shape index (κ1) is 16.1. The third-order valence-electron chi connectivity index (χ3n) is 4.44. The molecule has 0 amide bonds. The van der Waals surface area contributed by atoms with Gasteiger partial charge in [0.05, 0.1) is 5.52 Å². The van der Waals surface area contributed by atoms with E-state index in [0.29, 0.717) is 33.1 Å². The molecule has 0 aliphatic heterocycles. The van der Waals surface area contributed by atoms with Gasteiger partial charge in [0.1, 0.15) is 12.0 Å². The highest BCUT2D eigenvalue weighted by molar-refractivity contribution is 7.99. The van der Waals surface area contributed by atoms with Crippen LogP contribution >= 0.6 is 11.8 Å². The standard InChI is InChI=1S/C17H14N6O3S/c1-23-7-18-22-17(23)27-12-5-4-11(26-12)10-6-9(8-2-3-8)13-14(19-10)15(24)21-16(25)20-13/h4-8H,2-3H2,1H3,(H2,20,21,24,25). The Morgan fingerprint density at radius 3 is 2.85 bits per heavy atom. The van der Waals surface area contributed by atoms with Gasteiger partial charge in [-0.25, -0.2) is 9.78 Å². The van der Waals surface area contributed by atoms with Crippen LogP contribution in [-0.2, 0) is 7.05 Å². The van der Waals surface area contributed by atoms with Gasteiger partial charge in [0.25, 0.3) is 5.56 Å². The lowest BCUT2D eigenvalue weighted by molar-refractivity contribution is 0.485. The molecule has 9 nitrogen and oxygen atoms in total. The summed E-state index contributed by atoms with van der Waals surface area (Å²) in [5.41, 5.74) is 1.19. The van der Waals surface area contributed by atoms with Crippen molar-refractivity contribution in [2.75, 3.05) is 0 Å². The minimum Gasteiger partial charge on any atom is -0.448 e. The van der Waals surface area contributed by atoms with Gasteiger partial charge in [0, 0.05) is 7.05 Å². The second kappa shape index (κ2) is 5.95. The molecule has 0 radical (unpaired) electrons. The fourth-order valence-electron chi connectivity index (χ4n) is 2.98. The summed E-state index contributed by atoms with van der Waals surface area (Å²) >= 11 is 1.35. The summed E-state index contributed by atoms with van der Waals surface area (Å²) in [6.07, 6.45) is 3.67. The third-order valence-corrected chi connectivity index (χ3v) is 5.42. The maximum atomic E-state index is 12.2. The van der Waals surface area contributed by atoms with Crippen LogP contribution in [0, 0.1) is 0 Å². The van der Waals surface area contributed by atoms with Gasteiger partial charge < -0.3 is 14.0 Å². The van der Waals surface area contributed by atoms with E-state index in [-0.39, 0.29) is 5.52 Å². The summed E-state index contributed by atoms with van der Waals surface area (Å²) in [5, 5.41) is 9.21. The molecule has 4 aromatic heterocycles. The molecule has 10 heteroatoms. The van der Waals surface area contributed by atoms with E-state index in [4.69, 9.17) is 4.42 Å². The highest BCUT2D eigenvalue weighted by atomic mass is 32.2. The van der Waals surface area contributed by atoms with Crippen LogP contribution in [0.3, 0.4) is 0 Å². The molecule has 2 N–H and O–H groups in total. The van der Waals surface area contributed by atoms with Gasteiger partial charge in [-0.05, 0) is 54.3 Å². The number of H-pyrrole nitrogens is 2. The zero-order valence-electron chi connectivity index (χ0n) is 14.2. The molecule has 1 aliphatic carbocycles. The molecule has 0 spiro atoms. The highest BCUT2D eigenvalue weighted by Crippen LogP contribution is 2.43. The lowest BCUT2D eigenvalue weighted by Crippen LogP contribution is -2.23. The summed E-state index contributed by atoms with van der Waals surface area (Å²) in [7, 11) is 1.85. The first-order chi connectivity index (χ1) is 13.1. The molecule has 0 bridgehead atoms. The van der Waals surface area contributed by atoms with Gasteiger partial charge in [-0.3, -0.25) is 9.78 Å². The van der Waals surface area contributed by atoms with Crippen molar-refractivity contribution in [3.8, 4) is 11.5 Å². The van der Waals surface area contributed by atoms with Crippen LogP contribution in [0.5, 0.6) is 0 Å². The van der Waals surface area contributed by atoms with Gasteiger partial charge >= 0.3 is 5.69 Å². The first-order valence-electron chi connectivity index (χ1n) is 8.38. The number of nitrogens with zero attached hydrogens (tertiary/aromatic N) is 4. The Kier molecular flexibility index (Phi) is 3.54. The monoisotopic (exact) mass is 382 g/mol. The van der Waals surface area contributed by atoms with E-state index in [1.165, 1.54) is 11.8 Å². The van der Waals surface area contributed by atoms with E-state index in [9.17, 15) is 9.59 Å². The Balaban J connectivity index is 1.60. The van der Waals surface area contributed by atoms with Crippen molar-refractivity contribution in [3.05, 3.63) is 50.9 Å². The molecule has 27 heavy (non-hydrogen) atoms.